The number of allylic oxidation sites excluding steroid dienone is 1. The van der Waals surface area contributed by atoms with Crippen LogP contribution >= 0.6 is 0 Å². The molecule has 2 heterocycles. The number of rotatable bonds is 8. The minimum absolute atomic E-state index is 0.0773. The largest absolute Gasteiger partial charge is 0.506 e. The third-order valence-corrected chi connectivity index (χ3v) is 6.34. The lowest BCUT2D eigenvalue weighted by Crippen LogP contribution is -2.45. The molecule has 0 aromatic heterocycles. The van der Waals surface area contributed by atoms with Crippen LogP contribution in [0.3, 0.4) is 0 Å². The highest BCUT2D eigenvalue weighted by Crippen LogP contribution is 2.38. The lowest BCUT2D eigenvalue weighted by atomic mass is 9.98. The van der Waals surface area contributed by atoms with E-state index in [1.807, 2.05) is 38.1 Å². The van der Waals surface area contributed by atoms with Gasteiger partial charge in [-0.05, 0) is 69.0 Å². The summed E-state index contributed by atoms with van der Waals surface area (Å²) >= 11 is 0. The third kappa shape index (κ3) is 6.05. The van der Waals surface area contributed by atoms with E-state index in [4.69, 9.17) is 14.2 Å². The van der Waals surface area contributed by atoms with Crippen molar-refractivity contribution in [1.29, 1.82) is 0 Å². The Morgan fingerprint density at radius 3 is 2.66 bits per heavy atom. The summed E-state index contributed by atoms with van der Waals surface area (Å²) in [5.74, 6) is 1.47. The average molecular weight is 479 g/mol. The molecular formula is C28H34N2O5. The summed E-state index contributed by atoms with van der Waals surface area (Å²) in [5, 5.41) is 10.7. The number of ether oxygens (including phenoxy) is 3. The van der Waals surface area contributed by atoms with Gasteiger partial charge in [0.25, 0.3) is 0 Å². The number of aromatic hydroxyl groups is 1. The van der Waals surface area contributed by atoms with Gasteiger partial charge in [0, 0.05) is 32.7 Å². The van der Waals surface area contributed by atoms with E-state index in [1.54, 1.807) is 31.4 Å². The van der Waals surface area contributed by atoms with Gasteiger partial charge < -0.3 is 24.2 Å². The van der Waals surface area contributed by atoms with E-state index in [0.29, 0.717) is 29.4 Å². The Hall–Kier alpha value is -3.29. The monoisotopic (exact) mass is 478 g/mol. The molecule has 2 aliphatic heterocycles. The van der Waals surface area contributed by atoms with Crippen LogP contribution in [-0.4, -0.2) is 79.8 Å². The van der Waals surface area contributed by atoms with E-state index in [-0.39, 0.29) is 17.1 Å². The van der Waals surface area contributed by atoms with E-state index in [0.717, 1.165) is 38.3 Å². The Morgan fingerprint density at radius 2 is 1.91 bits per heavy atom. The fourth-order valence-corrected chi connectivity index (χ4v) is 4.17. The highest BCUT2D eigenvalue weighted by Gasteiger charge is 2.25. The van der Waals surface area contributed by atoms with Crippen molar-refractivity contribution in [1.82, 2.24) is 9.80 Å². The van der Waals surface area contributed by atoms with Crippen molar-refractivity contribution in [3.8, 4) is 23.0 Å². The zero-order chi connectivity index (χ0) is 25.0. The highest BCUT2D eigenvalue weighted by atomic mass is 16.5. The number of benzene rings is 2. The fraction of sp³-hybridized carbons (Fsp3) is 0.393. The van der Waals surface area contributed by atoms with Gasteiger partial charge in [-0.3, -0.25) is 9.69 Å². The van der Waals surface area contributed by atoms with Crippen LogP contribution in [-0.2, 0) is 0 Å². The van der Waals surface area contributed by atoms with Crippen molar-refractivity contribution in [2.75, 3.05) is 53.5 Å². The maximum absolute atomic E-state index is 12.9. The van der Waals surface area contributed by atoms with Crippen LogP contribution in [0.2, 0.25) is 0 Å². The Morgan fingerprint density at radius 1 is 1.14 bits per heavy atom. The molecular weight excluding hydrogens is 444 g/mol. The van der Waals surface area contributed by atoms with Crippen molar-refractivity contribution in [3.05, 3.63) is 59.2 Å². The van der Waals surface area contributed by atoms with E-state index >= 15 is 0 Å². The number of ketones is 1. The molecule has 2 aliphatic rings. The van der Waals surface area contributed by atoms with Crippen molar-refractivity contribution < 1.29 is 24.1 Å². The number of hydrogen-bond acceptors (Lipinski definition) is 7. The Kier molecular flexibility index (Phi) is 7.48. The quantitative estimate of drug-likeness (QED) is 0.452. The van der Waals surface area contributed by atoms with E-state index in [1.165, 1.54) is 6.08 Å². The zero-order valence-electron chi connectivity index (χ0n) is 20.9. The molecule has 2 aromatic rings. The number of piperazine rings is 1. The summed E-state index contributed by atoms with van der Waals surface area (Å²) in [6.07, 6.45) is 6.82. The van der Waals surface area contributed by atoms with Gasteiger partial charge in [0.05, 0.1) is 18.2 Å². The van der Waals surface area contributed by atoms with Gasteiger partial charge in [-0.25, -0.2) is 0 Å². The SMILES string of the molecule is COc1ccc(/C=C/C(=O)c2ccc3c(c2O)C=CC(C)(C)O3)cc1OCCN1CCN(C)CC1. The molecule has 2 aromatic carbocycles. The van der Waals surface area contributed by atoms with Crippen molar-refractivity contribution >= 4 is 17.9 Å². The number of hydrogen-bond donors (Lipinski definition) is 1. The predicted molar refractivity (Wildman–Crippen MR) is 138 cm³/mol. The van der Waals surface area contributed by atoms with E-state index in [9.17, 15) is 9.90 Å². The maximum atomic E-state index is 12.9. The number of fused-ring (bicyclic) bond motifs is 1. The molecule has 0 aliphatic carbocycles. The van der Waals surface area contributed by atoms with Crippen LogP contribution in [0.25, 0.3) is 12.2 Å². The van der Waals surface area contributed by atoms with Gasteiger partial charge in [0.1, 0.15) is 23.7 Å². The number of phenolic OH excluding ortho intramolecular Hbond substituents is 1. The summed E-state index contributed by atoms with van der Waals surface area (Å²) in [6.45, 7) is 9.49. The first-order chi connectivity index (χ1) is 16.8. The number of likely N-dealkylation sites (N-methyl/N-ethyl adjacent to an activating group) is 1. The molecule has 0 radical (unpaired) electrons. The standard InChI is InChI=1S/C28H34N2O5/c1-28(2)12-11-22-24(35-28)10-7-21(27(22)32)23(31)8-5-20-6-9-25(33-4)26(19-20)34-18-17-30-15-13-29(3)14-16-30/h5-12,19,32H,13-18H2,1-4H3/b8-5+. The van der Waals surface area contributed by atoms with Crippen LogP contribution < -0.4 is 14.2 Å². The summed E-state index contributed by atoms with van der Waals surface area (Å²) in [7, 11) is 3.75. The van der Waals surface area contributed by atoms with Gasteiger partial charge in [-0.2, -0.15) is 0 Å². The normalized spacial score (nSPS) is 17.7. The van der Waals surface area contributed by atoms with Gasteiger partial charge >= 0.3 is 0 Å². The van der Waals surface area contributed by atoms with Crippen LogP contribution in [0, 0.1) is 0 Å². The molecule has 1 saturated heterocycles. The molecule has 0 amide bonds. The molecule has 0 atom stereocenters. The Labute approximate surface area is 207 Å². The molecule has 1 fully saturated rings. The van der Waals surface area contributed by atoms with E-state index < -0.39 is 5.60 Å². The first-order valence-electron chi connectivity index (χ1n) is 11.9. The number of carbonyl (C=O) groups is 1. The van der Waals surface area contributed by atoms with Crippen molar-refractivity contribution in [2.45, 2.75) is 19.4 Å². The first-order valence-corrected chi connectivity index (χ1v) is 11.9. The molecule has 35 heavy (non-hydrogen) atoms. The van der Waals surface area contributed by atoms with Crippen LogP contribution in [0.4, 0.5) is 0 Å². The molecule has 186 valence electrons. The van der Waals surface area contributed by atoms with Crippen LogP contribution in [0.5, 0.6) is 23.0 Å². The predicted octanol–water partition coefficient (Wildman–Crippen LogP) is 4.11. The summed E-state index contributed by atoms with van der Waals surface area (Å²) in [6, 6.07) is 8.87. The van der Waals surface area contributed by atoms with Crippen molar-refractivity contribution in [3.63, 3.8) is 0 Å². The zero-order valence-corrected chi connectivity index (χ0v) is 20.9. The molecule has 7 nitrogen and oxygen atoms in total. The van der Waals surface area contributed by atoms with E-state index in [2.05, 4.69) is 16.8 Å². The molecule has 7 heteroatoms. The molecule has 0 bridgehead atoms. The number of carbonyl (C=O) groups excluding carboxylic acids is 1. The second-order valence-electron chi connectivity index (χ2n) is 9.51. The van der Waals surface area contributed by atoms with Crippen LogP contribution in [0.15, 0.2) is 42.5 Å². The molecule has 1 N–H and O–H groups in total. The average Bonchev–Trinajstić information content (AvgIpc) is 2.83. The minimum atomic E-state index is -0.455. The fourth-order valence-electron chi connectivity index (χ4n) is 4.17. The van der Waals surface area contributed by atoms with Gasteiger partial charge in [-0.1, -0.05) is 12.1 Å². The third-order valence-electron chi connectivity index (χ3n) is 6.34. The van der Waals surface area contributed by atoms with Gasteiger partial charge in [-0.15, -0.1) is 0 Å². The van der Waals surface area contributed by atoms with Crippen molar-refractivity contribution in [2.24, 2.45) is 0 Å². The maximum Gasteiger partial charge on any atom is 0.189 e. The topological polar surface area (TPSA) is 71.5 Å². The summed E-state index contributed by atoms with van der Waals surface area (Å²) < 4.78 is 17.3. The lowest BCUT2D eigenvalue weighted by Gasteiger charge is -2.32. The second kappa shape index (κ2) is 10.5. The molecule has 4 rings (SSSR count). The molecule has 0 spiro atoms. The minimum Gasteiger partial charge on any atom is -0.506 e. The number of nitrogens with zero attached hydrogens (tertiary/aromatic N) is 2. The number of methoxy groups -OCH3 is 1. The lowest BCUT2D eigenvalue weighted by molar-refractivity contribution is 0.104. The smallest absolute Gasteiger partial charge is 0.189 e. The van der Waals surface area contributed by atoms with Gasteiger partial charge in [0.2, 0.25) is 0 Å². The highest BCUT2D eigenvalue weighted by molar-refractivity contribution is 6.09. The summed E-state index contributed by atoms with van der Waals surface area (Å²) in [5.41, 5.74) is 1.09. The first kappa shape index (κ1) is 24.8. The second-order valence-corrected chi connectivity index (χ2v) is 9.51. The Bertz CT molecular complexity index is 1130. The Balaban J connectivity index is 1.43. The van der Waals surface area contributed by atoms with Crippen LogP contribution in [0.1, 0.15) is 35.3 Å². The van der Waals surface area contributed by atoms with Gasteiger partial charge in [0.15, 0.2) is 17.3 Å². The number of phenols is 1. The molecule has 0 unspecified atom stereocenters. The summed E-state index contributed by atoms with van der Waals surface area (Å²) in [4.78, 5) is 17.6. The molecule has 0 saturated carbocycles.